The van der Waals surface area contributed by atoms with Gasteiger partial charge < -0.3 is 10.2 Å². The molecule has 0 radical (unpaired) electrons. The summed E-state index contributed by atoms with van der Waals surface area (Å²) in [6, 6.07) is 0. The van der Waals surface area contributed by atoms with Crippen molar-refractivity contribution in [3.8, 4) is 0 Å². The van der Waals surface area contributed by atoms with Crippen molar-refractivity contribution in [1.82, 2.24) is 25.1 Å². The van der Waals surface area contributed by atoms with Gasteiger partial charge in [-0.3, -0.25) is 9.69 Å². The normalized spacial score (nSPS) is 27.1. The van der Waals surface area contributed by atoms with Crippen LogP contribution in [-0.2, 0) is 16.1 Å². The van der Waals surface area contributed by atoms with Gasteiger partial charge in [-0.2, -0.15) is 0 Å². The standard InChI is InChI=1S/C12H15N5O4S/c1-12-9(18)10(19)17(12)8(11(20)21)7(22-12)4-2-3-5-16-6-13-14-15-16/h6,9,18H,2-5H2,1H3,(H,20,21)/t9-,12+/m0/s1. The van der Waals surface area contributed by atoms with Gasteiger partial charge in [-0.05, 0) is 36.6 Å². The summed E-state index contributed by atoms with van der Waals surface area (Å²) in [5, 5.41) is 30.0. The van der Waals surface area contributed by atoms with E-state index in [-0.39, 0.29) is 5.70 Å². The summed E-state index contributed by atoms with van der Waals surface area (Å²) in [7, 11) is 0. The number of β-lactam (4-membered cyclic amide) rings is 1. The highest BCUT2D eigenvalue weighted by atomic mass is 32.2. The van der Waals surface area contributed by atoms with Gasteiger partial charge in [0.2, 0.25) is 0 Å². The van der Waals surface area contributed by atoms with E-state index >= 15 is 0 Å². The van der Waals surface area contributed by atoms with Crippen LogP contribution in [0.4, 0.5) is 0 Å². The van der Waals surface area contributed by atoms with E-state index in [1.54, 1.807) is 11.6 Å². The van der Waals surface area contributed by atoms with Crippen LogP contribution in [0.15, 0.2) is 16.9 Å². The molecule has 2 atom stereocenters. The van der Waals surface area contributed by atoms with Crippen LogP contribution in [0.3, 0.4) is 0 Å². The Morgan fingerprint density at radius 2 is 2.27 bits per heavy atom. The van der Waals surface area contributed by atoms with E-state index < -0.39 is 22.9 Å². The molecule has 1 saturated heterocycles. The molecule has 3 heterocycles. The summed E-state index contributed by atoms with van der Waals surface area (Å²) < 4.78 is 1.61. The highest BCUT2D eigenvalue weighted by Gasteiger charge is 2.64. The SMILES string of the molecule is C[C@]12SC(CCCCn3cnnn3)=C(C(=O)O)N1C(=O)[C@@H]2O. The summed E-state index contributed by atoms with van der Waals surface area (Å²) in [6.45, 7) is 2.33. The number of carboxylic acid groups (broad SMARTS) is 1. The molecule has 0 saturated carbocycles. The number of tetrazole rings is 1. The lowest BCUT2D eigenvalue weighted by Gasteiger charge is -2.48. The summed E-state index contributed by atoms with van der Waals surface area (Å²) in [5.74, 6) is -1.68. The third kappa shape index (κ3) is 2.18. The van der Waals surface area contributed by atoms with Crippen LogP contribution in [0.5, 0.6) is 0 Å². The molecule has 9 nitrogen and oxygen atoms in total. The van der Waals surface area contributed by atoms with Crippen molar-refractivity contribution in [3.05, 3.63) is 16.9 Å². The Morgan fingerprint density at radius 3 is 2.91 bits per heavy atom. The zero-order valence-corrected chi connectivity index (χ0v) is 12.7. The van der Waals surface area contributed by atoms with Crippen molar-refractivity contribution < 1.29 is 19.8 Å². The minimum Gasteiger partial charge on any atom is -0.477 e. The van der Waals surface area contributed by atoms with E-state index in [1.807, 2.05) is 0 Å². The summed E-state index contributed by atoms with van der Waals surface area (Å²) in [6.07, 6.45) is 2.45. The largest absolute Gasteiger partial charge is 0.477 e. The number of nitrogens with zero attached hydrogens (tertiary/aromatic N) is 5. The number of carbonyl (C=O) groups excluding carboxylic acids is 1. The average Bonchev–Trinajstić information content (AvgIpc) is 3.08. The fourth-order valence-electron chi connectivity index (χ4n) is 2.71. The van der Waals surface area contributed by atoms with Crippen LogP contribution in [-0.4, -0.2) is 58.2 Å². The van der Waals surface area contributed by atoms with E-state index in [1.165, 1.54) is 23.0 Å². The minimum atomic E-state index is -1.15. The van der Waals surface area contributed by atoms with E-state index in [0.29, 0.717) is 17.9 Å². The molecule has 2 aliphatic heterocycles. The second-order valence-electron chi connectivity index (χ2n) is 5.34. The van der Waals surface area contributed by atoms with Gasteiger partial charge in [0, 0.05) is 11.4 Å². The first kappa shape index (κ1) is 15.0. The number of aryl methyl sites for hydroxylation is 1. The summed E-state index contributed by atoms with van der Waals surface area (Å²) >= 11 is 1.27. The molecule has 2 aliphatic rings. The molecule has 1 aromatic rings. The lowest BCUT2D eigenvalue weighted by Crippen LogP contribution is -2.69. The number of hydrogen-bond acceptors (Lipinski definition) is 7. The highest BCUT2D eigenvalue weighted by molar-refractivity contribution is 8.04. The molecular weight excluding hydrogens is 310 g/mol. The number of aliphatic carboxylic acids is 1. The molecule has 0 spiro atoms. The topological polar surface area (TPSA) is 121 Å². The molecule has 1 fully saturated rings. The van der Waals surface area contributed by atoms with Gasteiger partial charge in [0.15, 0.2) is 6.10 Å². The van der Waals surface area contributed by atoms with Crippen LogP contribution in [0.2, 0.25) is 0 Å². The number of carboxylic acids is 1. The van der Waals surface area contributed by atoms with E-state index in [0.717, 1.165) is 12.8 Å². The first-order valence-electron chi connectivity index (χ1n) is 6.83. The lowest BCUT2D eigenvalue weighted by molar-refractivity contribution is -0.167. The Hall–Kier alpha value is -1.94. The number of carbonyl (C=O) groups is 2. The Kier molecular flexibility index (Phi) is 3.65. The number of thioether (sulfide) groups is 1. The zero-order valence-electron chi connectivity index (χ0n) is 11.8. The number of amides is 1. The number of hydrogen-bond donors (Lipinski definition) is 2. The van der Waals surface area contributed by atoms with E-state index in [4.69, 9.17) is 0 Å². The van der Waals surface area contributed by atoms with Crippen LogP contribution in [0.25, 0.3) is 0 Å². The monoisotopic (exact) mass is 325 g/mol. The van der Waals surface area contributed by atoms with Crippen molar-refractivity contribution in [2.45, 2.75) is 43.7 Å². The predicted octanol–water partition coefficient (Wildman–Crippen LogP) is -0.194. The molecule has 1 amide bonds. The third-order valence-electron chi connectivity index (χ3n) is 3.86. The summed E-state index contributed by atoms with van der Waals surface area (Å²) in [4.78, 5) is 24.1. The Balaban J connectivity index is 1.65. The smallest absolute Gasteiger partial charge is 0.353 e. The molecule has 1 aromatic heterocycles. The molecule has 118 valence electrons. The van der Waals surface area contributed by atoms with Crippen molar-refractivity contribution in [3.63, 3.8) is 0 Å². The van der Waals surface area contributed by atoms with Crippen LogP contribution in [0, 0.1) is 0 Å². The maximum absolute atomic E-state index is 11.7. The average molecular weight is 325 g/mol. The quantitative estimate of drug-likeness (QED) is 0.545. The fraction of sp³-hybridized carbons (Fsp3) is 0.583. The second kappa shape index (κ2) is 5.36. The molecule has 2 N–H and O–H groups in total. The van der Waals surface area contributed by atoms with Gasteiger partial charge in [0.25, 0.3) is 5.91 Å². The van der Waals surface area contributed by atoms with Crippen molar-refractivity contribution >= 4 is 23.6 Å². The molecular formula is C12H15N5O4S. The van der Waals surface area contributed by atoms with Gasteiger partial charge in [-0.15, -0.1) is 5.10 Å². The van der Waals surface area contributed by atoms with Gasteiger partial charge >= 0.3 is 5.97 Å². The van der Waals surface area contributed by atoms with Crippen molar-refractivity contribution in [1.29, 1.82) is 0 Å². The first-order chi connectivity index (χ1) is 10.4. The second-order valence-corrected chi connectivity index (χ2v) is 6.86. The van der Waals surface area contributed by atoms with Crippen LogP contribution >= 0.6 is 11.8 Å². The number of aliphatic hydroxyl groups is 1. The maximum Gasteiger partial charge on any atom is 0.353 e. The lowest BCUT2D eigenvalue weighted by atomic mass is 9.97. The number of unbranched alkanes of at least 4 members (excludes halogenated alkanes) is 1. The molecule has 0 aromatic carbocycles. The van der Waals surface area contributed by atoms with Gasteiger partial charge in [-0.25, -0.2) is 9.48 Å². The van der Waals surface area contributed by atoms with Crippen LogP contribution < -0.4 is 0 Å². The Labute approximate surface area is 130 Å². The third-order valence-corrected chi connectivity index (χ3v) is 5.32. The minimum absolute atomic E-state index is 0.00484. The molecule has 0 bridgehead atoms. The molecule has 0 unspecified atom stereocenters. The number of fused-ring (bicyclic) bond motifs is 1. The number of aromatic nitrogens is 4. The number of aliphatic hydroxyl groups excluding tert-OH is 1. The molecule has 22 heavy (non-hydrogen) atoms. The van der Waals surface area contributed by atoms with E-state index in [2.05, 4.69) is 15.5 Å². The first-order valence-corrected chi connectivity index (χ1v) is 7.65. The molecule has 0 aliphatic carbocycles. The van der Waals surface area contributed by atoms with Crippen molar-refractivity contribution in [2.75, 3.05) is 0 Å². The Morgan fingerprint density at radius 1 is 1.50 bits per heavy atom. The van der Waals surface area contributed by atoms with E-state index in [9.17, 15) is 19.8 Å². The summed E-state index contributed by atoms with van der Waals surface area (Å²) in [5.41, 5.74) is 0.00484. The zero-order chi connectivity index (χ0) is 15.9. The highest BCUT2D eigenvalue weighted by Crippen LogP contribution is 2.55. The van der Waals surface area contributed by atoms with Gasteiger partial charge in [0.1, 0.15) is 16.9 Å². The number of allylic oxidation sites excluding steroid dienone is 1. The van der Waals surface area contributed by atoms with Gasteiger partial charge in [0.05, 0.1) is 0 Å². The van der Waals surface area contributed by atoms with Crippen LogP contribution in [0.1, 0.15) is 26.2 Å². The fourth-order valence-corrected chi connectivity index (χ4v) is 4.21. The van der Waals surface area contributed by atoms with Crippen molar-refractivity contribution in [2.24, 2.45) is 0 Å². The maximum atomic E-state index is 11.7. The number of rotatable bonds is 6. The molecule has 3 rings (SSSR count). The predicted molar refractivity (Wildman–Crippen MR) is 75.2 cm³/mol. The molecule has 10 heteroatoms. The van der Waals surface area contributed by atoms with Gasteiger partial charge in [-0.1, -0.05) is 11.8 Å². The Bertz CT molecular complexity index is 646.